The summed E-state index contributed by atoms with van der Waals surface area (Å²) in [4.78, 5) is 22.2. The number of carbonyl (C=O) groups is 1. The molecule has 3 heterocycles. The molecule has 0 spiro atoms. The topological polar surface area (TPSA) is 127 Å². The highest BCUT2D eigenvalue weighted by atomic mass is 32.1. The number of anilines is 3. The van der Waals surface area contributed by atoms with Gasteiger partial charge in [-0.3, -0.25) is 4.79 Å². The number of methoxy groups -OCH3 is 1. The van der Waals surface area contributed by atoms with Crippen LogP contribution in [0.4, 0.5) is 29.9 Å². The summed E-state index contributed by atoms with van der Waals surface area (Å²) in [5, 5.41) is 17.2. The molecule has 0 unspecified atom stereocenters. The minimum Gasteiger partial charge on any atom is -0.402 e. The SMILES string of the molecule is COCCNc1sc(C2(C(F)(F)F)CCC2)nc1-c1nnc(N[C@H]2N=C(c3ccccc3)c3ccccc3NC2=O)o1. The Morgan fingerprint density at radius 1 is 1.12 bits per heavy atom. The molecule has 218 valence electrons. The number of nitrogens with one attached hydrogen (secondary N) is 3. The number of aliphatic imine (C=N–C) groups is 1. The van der Waals surface area contributed by atoms with Crippen LogP contribution in [-0.4, -0.2) is 59.4 Å². The lowest BCUT2D eigenvalue weighted by Gasteiger charge is -2.41. The van der Waals surface area contributed by atoms with Gasteiger partial charge < -0.3 is 25.1 Å². The summed E-state index contributed by atoms with van der Waals surface area (Å²) in [6.45, 7) is 0.665. The quantitative estimate of drug-likeness (QED) is 0.217. The highest BCUT2D eigenvalue weighted by Gasteiger charge is 2.61. The molecule has 6 rings (SSSR count). The van der Waals surface area contributed by atoms with Crippen LogP contribution in [0.2, 0.25) is 0 Å². The van der Waals surface area contributed by atoms with Crippen LogP contribution in [0, 0.1) is 0 Å². The van der Waals surface area contributed by atoms with Crippen LogP contribution in [0.25, 0.3) is 11.6 Å². The normalized spacial score (nSPS) is 17.9. The van der Waals surface area contributed by atoms with Crippen LogP contribution >= 0.6 is 11.3 Å². The zero-order valence-electron chi connectivity index (χ0n) is 22.4. The van der Waals surface area contributed by atoms with Crippen molar-refractivity contribution in [3.8, 4) is 11.6 Å². The first-order valence-corrected chi connectivity index (χ1v) is 14.1. The average molecular weight is 598 g/mol. The van der Waals surface area contributed by atoms with E-state index >= 15 is 0 Å². The molecule has 1 aliphatic heterocycles. The molecule has 1 saturated carbocycles. The maximum Gasteiger partial charge on any atom is 0.400 e. The Morgan fingerprint density at radius 3 is 2.60 bits per heavy atom. The molecule has 2 aliphatic rings. The lowest BCUT2D eigenvalue weighted by Crippen LogP contribution is -2.47. The van der Waals surface area contributed by atoms with Crippen molar-refractivity contribution in [3.05, 3.63) is 70.7 Å². The molecule has 2 aromatic carbocycles. The van der Waals surface area contributed by atoms with Crippen LogP contribution in [0.5, 0.6) is 0 Å². The van der Waals surface area contributed by atoms with Crippen LogP contribution in [0.15, 0.2) is 64.0 Å². The Labute approximate surface area is 242 Å². The van der Waals surface area contributed by atoms with Gasteiger partial charge in [0.15, 0.2) is 5.69 Å². The van der Waals surface area contributed by atoms with Gasteiger partial charge in [0.2, 0.25) is 6.17 Å². The van der Waals surface area contributed by atoms with E-state index in [1.807, 2.05) is 48.5 Å². The summed E-state index contributed by atoms with van der Waals surface area (Å²) in [6, 6.07) is 16.6. The first-order chi connectivity index (χ1) is 20.3. The number of hydrogen-bond acceptors (Lipinski definition) is 10. The molecule has 10 nitrogen and oxygen atoms in total. The lowest BCUT2D eigenvalue weighted by molar-refractivity contribution is -0.212. The second-order valence-electron chi connectivity index (χ2n) is 9.89. The van der Waals surface area contributed by atoms with E-state index in [0.717, 1.165) is 22.5 Å². The number of benzodiazepines with no additional fused rings is 1. The Bertz CT molecular complexity index is 1620. The van der Waals surface area contributed by atoms with Gasteiger partial charge >= 0.3 is 12.2 Å². The molecule has 42 heavy (non-hydrogen) atoms. The highest BCUT2D eigenvalue weighted by molar-refractivity contribution is 7.16. The maximum atomic E-state index is 14.1. The number of ether oxygens (including phenoxy) is 1. The van der Waals surface area contributed by atoms with Gasteiger partial charge in [-0.05, 0) is 18.9 Å². The summed E-state index contributed by atoms with van der Waals surface area (Å²) < 4.78 is 53.2. The van der Waals surface area contributed by atoms with E-state index in [4.69, 9.17) is 14.1 Å². The van der Waals surface area contributed by atoms with E-state index < -0.39 is 23.7 Å². The second kappa shape index (κ2) is 11.2. The fourth-order valence-electron chi connectivity index (χ4n) is 4.88. The van der Waals surface area contributed by atoms with E-state index in [9.17, 15) is 18.0 Å². The maximum absolute atomic E-state index is 14.1. The molecule has 14 heteroatoms. The monoisotopic (exact) mass is 597 g/mol. The largest absolute Gasteiger partial charge is 0.402 e. The first kappa shape index (κ1) is 27.8. The van der Waals surface area contributed by atoms with Crippen LogP contribution in [0.3, 0.4) is 0 Å². The number of benzene rings is 2. The number of fused-ring (bicyclic) bond motifs is 1. The number of aromatic nitrogens is 3. The average Bonchev–Trinajstić information content (AvgIpc) is 3.54. The van der Waals surface area contributed by atoms with E-state index in [0.29, 0.717) is 36.0 Å². The minimum atomic E-state index is -4.44. The minimum absolute atomic E-state index is 0.0292. The Morgan fingerprint density at radius 2 is 1.88 bits per heavy atom. The van der Waals surface area contributed by atoms with Gasteiger partial charge in [-0.2, -0.15) is 13.2 Å². The number of halogens is 3. The van der Waals surface area contributed by atoms with E-state index in [1.54, 1.807) is 6.07 Å². The molecule has 1 atom stereocenters. The van der Waals surface area contributed by atoms with E-state index in [1.165, 1.54) is 7.11 Å². The number of carbonyl (C=O) groups excluding carboxylic acids is 1. The van der Waals surface area contributed by atoms with Crippen molar-refractivity contribution in [2.75, 3.05) is 36.2 Å². The number of para-hydroxylation sites is 1. The van der Waals surface area contributed by atoms with Crippen LogP contribution in [-0.2, 0) is 14.9 Å². The van der Waals surface area contributed by atoms with Crippen molar-refractivity contribution in [1.82, 2.24) is 15.2 Å². The molecule has 0 saturated heterocycles. The third-order valence-corrected chi connectivity index (χ3v) is 8.48. The number of hydrogen-bond donors (Lipinski definition) is 3. The highest BCUT2D eigenvalue weighted by Crippen LogP contribution is 2.56. The molecule has 0 bridgehead atoms. The third-order valence-electron chi connectivity index (χ3n) is 7.26. The van der Waals surface area contributed by atoms with Crippen molar-refractivity contribution in [1.29, 1.82) is 0 Å². The molecule has 2 aromatic heterocycles. The number of rotatable bonds is 9. The van der Waals surface area contributed by atoms with Crippen LogP contribution in [0.1, 0.15) is 35.4 Å². The summed E-state index contributed by atoms with van der Waals surface area (Å²) in [5.41, 5.74) is 0.823. The third kappa shape index (κ3) is 5.11. The zero-order valence-corrected chi connectivity index (χ0v) is 23.2. The van der Waals surface area contributed by atoms with E-state index in [2.05, 4.69) is 31.1 Å². The smallest absolute Gasteiger partial charge is 0.400 e. The summed E-state index contributed by atoms with van der Waals surface area (Å²) in [5.74, 6) is -0.552. The summed E-state index contributed by atoms with van der Waals surface area (Å²) in [6.07, 6.45) is -5.18. The first-order valence-electron chi connectivity index (χ1n) is 13.2. The predicted molar refractivity (Wildman–Crippen MR) is 152 cm³/mol. The molecule has 4 aromatic rings. The number of alkyl halides is 3. The molecule has 1 amide bonds. The predicted octanol–water partition coefficient (Wildman–Crippen LogP) is 5.46. The molecule has 1 aliphatic carbocycles. The Hall–Kier alpha value is -4.30. The Kier molecular flexibility index (Phi) is 7.41. The van der Waals surface area contributed by atoms with Gasteiger partial charge in [0.05, 0.1) is 18.0 Å². The van der Waals surface area contributed by atoms with Gasteiger partial charge in [-0.15, -0.1) is 5.10 Å². The summed E-state index contributed by atoms with van der Waals surface area (Å²) in [7, 11) is 1.53. The molecule has 0 radical (unpaired) electrons. The fraction of sp³-hybridized carbons (Fsp3) is 0.321. The molecular weight excluding hydrogens is 571 g/mol. The van der Waals surface area contributed by atoms with Gasteiger partial charge in [-0.25, -0.2) is 9.98 Å². The van der Waals surface area contributed by atoms with Gasteiger partial charge in [0.1, 0.15) is 15.4 Å². The van der Waals surface area contributed by atoms with Crippen molar-refractivity contribution < 1.29 is 27.1 Å². The second-order valence-corrected chi connectivity index (χ2v) is 10.9. The number of nitrogens with zero attached hydrogens (tertiary/aromatic N) is 4. The summed E-state index contributed by atoms with van der Waals surface area (Å²) >= 11 is 0.921. The van der Waals surface area contributed by atoms with Crippen molar-refractivity contribution >= 4 is 39.7 Å². The van der Waals surface area contributed by atoms with Crippen molar-refractivity contribution in [3.63, 3.8) is 0 Å². The molecule has 3 N–H and O–H groups in total. The standard InChI is InChI=1S/C28H26F3N7O3S/c1-40-15-14-32-24-20(35-25(42-24)27(12-7-13-27)28(29,30)31)23-37-38-26(41-23)36-21-22(39)33-18-11-6-5-10-17(18)19(34-21)16-8-3-2-4-9-16/h2-6,8-11,21,32H,7,12-15H2,1H3,(H,33,39)(H,36,38)/t21-/m1/s1. The number of amides is 1. The zero-order chi connectivity index (χ0) is 29.3. The lowest BCUT2D eigenvalue weighted by atomic mass is 9.68. The van der Waals surface area contributed by atoms with Crippen molar-refractivity contribution in [2.24, 2.45) is 4.99 Å². The molecular formula is C28H26F3N7O3S. The van der Waals surface area contributed by atoms with Gasteiger partial charge in [0.25, 0.3) is 11.8 Å². The van der Waals surface area contributed by atoms with Gasteiger partial charge in [0, 0.05) is 24.8 Å². The number of thiazole rings is 1. The molecule has 1 fully saturated rings. The fourth-order valence-corrected chi connectivity index (χ4v) is 6.13. The van der Waals surface area contributed by atoms with Crippen LogP contribution < -0.4 is 16.0 Å². The Balaban J connectivity index is 1.32. The van der Waals surface area contributed by atoms with Crippen molar-refractivity contribution in [2.45, 2.75) is 37.0 Å². The van der Waals surface area contributed by atoms with Gasteiger partial charge in [-0.1, -0.05) is 71.4 Å². The van der Waals surface area contributed by atoms with E-state index in [-0.39, 0.29) is 35.4 Å².